The van der Waals surface area contributed by atoms with Gasteiger partial charge in [0, 0.05) is 49.1 Å². The zero-order valence-electron chi connectivity index (χ0n) is 33.7. The Labute approximate surface area is 324 Å². The molecule has 0 amide bonds. The molecule has 4 heterocycles. The highest BCUT2D eigenvalue weighted by atomic mass is 15.0. The van der Waals surface area contributed by atoms with Crippen LogP contribution in [0.25, 0.3) is 78.0 Å². The second-order valence-corrected chi connectivity index (χ2v) is 18.8. The van der Waals surface area contributed by atoms with Gasteiger partial charge in [-0.25, -0.2) is 0 Å². The van der Waals surface area contributed by atoms with Crippen molar-refractivity contribution in [1.29, 1.82) is 0 Å². The van der Waals surface area contributed by atoms with Crippen LogP contribution in [0.5, 0.6) is 0 Å². The first-order chi connectivity index (χ1) is 26.1. The largest absolute Gasteiger partial charge is 0.309 e. The maximum atomic E-state index is 4.76. The van der Waals surface area contributed by atoms with Crippen molar-refractivity contribution in [2.75, 3.05) is 0 Å². The highest BCUT2D eigenvalue weighted by Gasteiger charge is 2.46. The lowest BCUT2D eigenvalue weighted by Gasteiger charge is -2.36. The first-order valence-electron chi connectivity index (χ1n) is 19.9. The van der Waals surface area contributed by atoms with Crippen molar-refractivity contribution in [3.05, 3.63) is 155 Å². The van der Waals surface area contributed by atoms with E-state index in [1.54, 1.807) is 0 Å². The van der Waals surface area contributed by atoms with Gasteiger partial charge in [-0.15, -0.1) is 0 Å². The van der Waals surface area contributed by atoms with Crippen LogP contribution in [0, 0.1) is 0 Å². The Morgan fingerprint density at radius 3 is 1.75 bits per heavy atom. The number of nitrogens with zero attached hydrogens (tertiary/aromatic N) is 2. The van der Waals surface area contributed by atoms with E-state index in [-0.39, 0.29) is 21.7 Å². The van der Waals surface area contributed by atoms with E-state index in [9.17, 15) is 0 Å². The Hall–Kier alpha value is -5.60. The van der Waals surface area contributed by atoms with Crippen LogP contribution in [-0.2, 0) is 21.7 Å². The van der Waals surface area contributed by atoms with Crippen LogP contribution >= 0.6 is 0 Å². The predicted molar refractivity (Wildman–Crippen MR) is 236 cm³/mol. The summed E-state index contributed by atoms with van der Waals surface area (Å²) < 4.78 is 4.97. The minimum Gasteiger partial charge on any atom is -0.309 e. The number of benzene rings is 5. The van der Waals surface area contributed by atoms with E-state index in [0.29, 0.717) is 0 Å². The van der Waals surface area contributed by atoms with Crippen molar-refractivity contribution >= 4 is 50.1 Å². The molecule has 0 saturated heterocycles. The van der Waals surface area contributed by atoms with E-state index in [4.69, 9.17) is 6.58 Å². The lowest BCUT2D eigenvalue weighted by molar-refractivity contribution is 0.619. The summed E-state index contributed by atoms with van der Waals surface area (Å²) in [7, 11) is 0. The van der Waals surface area contributed by atoms with Gasteiger partial charge in [0.15, 0.2) is 0 Å². The topological polar surface area (TPSA) is 9.86 Å². The standard InChI is InChI=1S/C53H48N2/c1-13-30-44-42(55-41-21-16-15-19-36(41)51(7,8)29(4)48(30)55)24-22-31-34-26-39-35(27-38(34)52(9,10)46(31)44)32-23-25-43-45(47(32)53(39,11)12)33-18-17-20-37-49(33)54(43)40(14-2)28(3)50(37,5)6/h13-27H,1-2,4H2,3,5-12H3. The molecule has 0 fully saturated rings. The van der Waals surface area contributed by atoms with Crippen molar-refractivity contribution in [2.45, 2.75) is 84.0 Å². The van der Waals surface area contributed by atoms with Gasteiger partial charge in [0.05, 0.1) is 27.9 Å². The summed E-state index contributed by atoms with van der Waals surface area (Å²) in [6.07, 6.45) is 4.15. The highest BCUT2D eigenvalue weighted by molar-refractivity contribution is 6.17. The minimum absolute atomic E-state index is 0.0853. The summed E-state index contributed by atoms with van der Waals surface area (Å²) in [5, 5.41) is 4.02. The van der Waals surface area contributed by atoms with Gasteiger partial charge < -0.3 is 9.13 Å². The maximum Gasteiger partial charge on any atom is 0.0581 e. The Morgan fingerprint density at radius 2 is 1.13 bits per heavy atom. The highest BCUT2D eigenvalue weighted by Crippen LogP contribution is 2.61. The molecule has 7 aromatic rings. The summed E-state index contributed by atoms with van der Waals surface area (Å²) in [6, 6.07) is 30.5. The molecule has 2 heteroatoms. The lowest BCUT2D eigenvalue weighted by atomic mass is 9.73. The third-order valence-corrected chi connectivity index (χ3v) is 15.0. The van der Waals surface area contributed by atoms with Crippen LogP contribution < -0.4 is 0 Å². The molecule has 0 bridgehead atoms. The number of hydrogen-bond acceptors (Lipinski definition) is 0. The smallest absolute Gasteiger partial charge is 0.0581 e. The van der Waals surface area contributed by atoms with Crippen molar-refractivity contribution in [2.24, 2.45) is 0 Å². The van der Waals surface area contributed by atoms with Crippen LogP contribution in [-0.4, -0.2) is 9.13 Å². The Kier molecular flexibility index (Phi) is 5.84. The molecule has 270 valence electrons. The molecule has 2 aromatic heterocycles. The van der Waals surface area contributed by atoms with E-state index in [1.165, 1.54) is 117 Å². The lowest BCUT2D eigenvalue weighted by Crippen LogP contribution is -2.27. The normalized spacial score (nSPS) is 18.6. The average molecular weight is 713 g/mol. The first kappa shape index (κ1) is 32.8. The van der Waals surface area contributed by atoms with Crippen LogP contribution in [0.4, 0.5) is 0 Å². The number of fused-ring (bicyclic) bond motifs is 16. The molecule has 5 aromatic carbocycles. The van der Waals surface area contributed by atoms with Crippen LogP contribution in [0.1, 0.15) is 107 Å². The average Bonchev–Trinajstić information content (AvgIpc) is 3.82. The molecule has 2 aliphatic carbocycles. The molecule has 4 aliphatic rings. The summed E-state index contributed by atoms with van der Waals surface area (Å²) in [5.41, 5.74) is 24.2. The number of aromatic nitrogens is 2. The summed E-state index contributed by atoms with van der Waals surface area (Å²) in [4.78, 5) is 0. The third-order valence-electron chi connectivity index (χ3n) is 15.0. The summed E-state index contributed by atoms with van der Waals surface area (Å²) in [6.45, 7) is 34.9. The van der Waals surface area contributed by atoms with Gasteiger partial charge >= 0.3 is 0 Å². The fourth-order valence-electron chi connectivity index (χ4n) is 11.8. The van der Waals surface area contributed by atoms with Gasteiger partial charge in [-0.05, 0) is 110 Å². The van der Waals surface area contributed by atoms with E-state index in [2.05, 4.69) is 176 Å². The van der Waals surface area contributed by atoms with Crippen molar-refractivity contribution < 1.29 is 0 Å². The second-order valence-electron chi connectivity index (χ2n) is 18.8. The van der Waals surface area contributed by atoms with E-state index in [0.717, 1.165) is 5.57 Å². The Bertz CT molecular complexity index is 3080. The molecule has 2 aliphatic heterocycles. The molecule has 0 spiro atoms. The second kappa shape index (κ2) is 9.79. The van der Waals surface area contributed by atoms with Crippen LogP contribution in [0.2, 0.25) is 0 Å². The summed E-state index contributed by atoms with van der Waals surface area (Å²) >= 11 is 0. The van der Waals surface area contributed by atoms with Crippen molar-refractivity contribution in [3.63, 3.8) is 0 Å². The molecule has 0 unspecified atom stereocenters. The van der Waals surface area contributed by atoms with Crippen molar-refractivity contribution in [1.82, 2.24) is 9.13 Å². The van der Waals surface area contributed by atoms with Gasteiger partial charge in [0.2, 0.25) is 0 Å². The number of para-hydroxylation sites is 2. The van der Waals surface area contributed by atoms with Crippen LogP contribution in [0.15, 0.2) is 110 Å². The van der Waals surface area contributed by atoms with E-state index in [1.807, 2.05) is 0 Å². The third kappa shape index (κ3) is 3.47. The van der Waals surface area contributed by atoms with E-state index < -0.39 is 0 Å². The molecule has 55 heavy (non-hydrogen) atoms. The SMILES string of the molecule is C=CC1=C(C)C(C)(C)c2cccc3c4c5c(ccc4n1c23)-c1cc2c(cc1C5(C)C)-c1ccc3c(c(C=C)c4n3-c3ccccc3C(C)(C)C4=C)c1C2(C)C. The van der Waals surface area contributed by atoms with Crippen molar-refractivity contribution in [3.8, 4) is 27.9 Å². The Balaban J connectivity index is 1.18. The van der Waals surface area contributed by atoms with Gasteiger partial charge in [-0.3, -0.25) is 0 Å². The zero-order chi connectivity index (χ0) is 38.5. The predicted octanol–water partition coefficient (Wildman–Crippen LogP) is 14.0. The first-order valence-corrected chi connectivity index (χ1v) is 19.9. The number of rotatable bonds is 2. The Morgan fingerprint density at radius 1 is 0.545 bits per heavy atom. The molecular formula is C53H48N2. The van der Waals surface area contributed by atoms with Gasteiger partial charge in [-0.2, -0.15) is 0 Å². The zero-order valence-corrected chi connectivity index (χ0v) is 33.7. The minimum atomic E-state index is -0.238. The number of allylic oxidation sites excluding steroid dienone is 4. The molecule has 0 atom stereocenters. The molecule has 0 saturated carbocycles. The fraction of sp³-hybridized carbons (Fsp3) is 0.245. The maximum absolute atomic E-state index is 4.76. The molecule has 0 N–H and O–H groups in total. The quantitative estimate of drug-likeness (QED) is 0.169. The monoisotopic (exact) mass is 712 g/mol. The van der Waals surface area contributed by atoms with Crippen LogP contribution in [0.3, 0.4) is 0 Å². The number of hydrogen-bond donors (Lipinski definition) is 0. The fourth-order valence-corrected chi connectivity index (χ4v) is 11.8. The van der Waals surface area contributed by atoms with Gasteiger partial charge in [0.1, 0.15) is 0 Å². The molecule has 2 nitrogen and oxygen atoms in total. The van der Waals surface area contributed by atoms with Gasteiger partial charge in [-0.1, -0.05) is 130 Å². The summed E-state index contributed by atoms with van der Waals surface area (Å²) in [5.74, 6) is 0. The molecular weight excluding hydrogens is 665 g/mol. The van der Waals surface area contributed by atoms with E-state index >= 15 is 0 Å². The van der Waals surface area contributed by atoms with Gasteiger partial charge in [0.25, 0.3) is 0 Å². The molecule has 0 radical (unpaired) electrons. The molecule has 11 rings (SSSR count).